The number of aryl methyl sites for hydroxylation is 1. The van der Waals surface area contributed by atoms with Gasteiger partial charge in [0.15, 0.2) is 5.13 Å². The van der Waals surface area contributed by atoms with Crippen LogP contribution in [0.15, 0.2) is 29.6 Å². The van der Waals surface area contributed by atoms with E-state index in [-0.39, 0.29) is 0 Å². The molecule has 0 spiro atoms. The fourth-order valence-electron chi connectivity index (χ4n) is 1.73. The number of carboxylic acids is 1. The Morgan fingerprint density at radius 2 is 2.10 bits per heavy atom. The Morgan fingerprint density at radius 1 is 1.40 bits per heavy atom. The highest BCUT2D eigenvalue weighted by Crippen LogP contribution is 2.25. The molecule has 0 saturated heterocycles. The van der Waals surface area contributed by atoms with Crippen molar-refractivity contribution in [1.82, 2.24) is 4.98 Å². The molecule has 4 nitrogen and oxygen atoms in total. The highest BCUT2D eigenvalue weighted by molar-refractivity contribution is 7.14. The molecule has 0 aliphatic carbocycles. The van der Waals surface area contributed by atoms with E-state index in [0.29, 0.717) is 6.54 Å². The molecule has 2 N–H and O–H groups in total. The Bertz CT molecular complexity index is 578. The lowest BCUT2D eigenvalue weighted by Gasteiger charge is -2.06. The molecule has 0 saturated carbocycles. The van der Waals surface area contributed by atoms with Gasteiger partial charge >= 0.3 is 5.97 Å². The van der Waals surface area contributed by atoms with Crippen LogP contribution >= 0.6 is 11.3 Å². The Balaban J connectivity index is 2.02. The SMILES string of the molecule is CCc1ccc(-c2csc(NCC(C)C(=O)O)n2)cc1. The molecule has 1 atom stereocenters. The molecule has 1 heterocycles. The van der Waals surface area contributed by atoms with E-state index >= 15 is 0 Å². The van der Waals surface area contributed by atoms with Crippen LogP contribution in [0.3, 0.4) is 0 Å². The minimum Gasteiger partial charge on any atom is -0.481 e. The zero-order valence-electron chi connectivity index (χ0n) is 11.6. The summed E-state index contributed by atoms with van der Waals surface area (Å²) in [4.78, 5) is 15.2. The molecule has 0 radical (unpaired) electrons. The lowest BCUT2D eigenvalue weighted by atomic mass is 10.1. The molecular weight excluding hydrogens is 272 g/mol. The molecular formula is C15H18N2O2S. The predicted octanol–water partition coefficient (Wildman–Crippen LogP) is 3.51. The first kappa shape index (κ1) is 14.5. The summed E-state index contributed by atoms with van der Waals surface area (Å²) in [6.07, 6.45) is 1.03. The Hall–Kier alpha value is -1.88. The molecule has 5 heteroatoms. The van der Waals surface area contributed by atoms with Gasteiger partial charge in [-0.05, 0) is 12.0 Å². The summed E-state index contributed by atoms with van der Waals surface area (Å²) in [6.45, 7) is 4.19. The number of thiazole rings is 1. The standard InChI is InChI=1S/C15H18N2O2S/c1-3-11-4-6-12(7-5-11)13-9-20-15(17-13)16-8-10(2)14(18)19/h4-7,9-10H,3,8H2,1-2H3,(H,16,17)(H,18,19). The third-order valence-electron chi connectivity index (χ3n) is 3.14. The van der Waals surface area contributed by atoms with Crippen molar-refractivity contribution in [1.29, 1.82) is 0 Å². The fraction of sp³-hybridized carbons (Fsp3) is 0.333. The Labute approximate surface area is 122 Å². The molecule has 1 aromatic heterocycles. The summed E-state index contributed by atoms with van der Waals surface area (Å²) in [5, 5.41) is 14.6. The smallest absolute Gasteiger partial charge is 0.308 e. The van der Waals surface area contributed by atoms with Crippen LogP contribution in [0, 0.1) is 5.92 Å². The number of nitrogens with one attached hydrogen (secondary N) is 1. The van der Waals surface area contributed by atoms with Crippen molar-refractivity contribution in [3.05, 3.63) is 35.2 Å². The van der Waals surface area contributed by atoms with Crippen LogP contribution in [0.1, 0.15) is 19.4 Å². The molecule has 0 bridgehead atoms. The summed E-state index contributed by atoms with van der Waals surface area (Å²) in [5.41, 5.74) is 3.30. The topological polar surface area (TPSA) is 62.2 Å². The second-order valence-electron chi connectivity index (χ2n) is 4.71. The van der Waals surface area contributed by atoms with Gasteiger partial charge in [0, 0.05) is 17.5 Å². The van der Waals surface area contributed by atoms with Crippen LogP contribution in [-0.2, 0) is 11.2 Å². The highest BCUT2D eigenvalue weighted by Gasteiger charge is 2.11. The first-order chi connectivity index (χ1) is 9.60. The van der Waals surface area contributed by atoms with Crippen LogP contribution in [-0.4, -0.2) is 22.6 Å². The van der Waals surface area contributed by atoms with E-state index in [0.717, 1.165) is 22.8 Å². The average Bonchev–Trinajstić information content (AvgIpc) is 2.93. The maximum Gasteiger partial charge on any atom is 0.308 e. The molecule has 106 valence electrons. The Kier molecular flexibility index (Phi) is 4.74. The molecule has 0 aliphatic rings. The second-order valence-corrected chi connectivity index (χ2v) is 5.57. The zero-order chi connectivity index (χ0) is 14.5. The molecule has 1 unspecified atom stereocenters. The molecule has 1 aromatic carbocycles. The van der Waals surface area contributed by atoms with E-state index in [1.165, 1.54) is 16.9 Å². The van der Waals surface area contributed by atoms with Gasteiger partial charge in [0.05, 0.1) is 11.6 Å². The van der Waals surface area contributed by atoms with E-state index in [9.17, 15) is 4.79 Å². The number of nitrogens with zero attached hydrogens (tertiary/aromatic N) is 1. The molecule has 0 amide bonds. The second kappa shape index (κ2) is 6.52. The van der Waals surface area contributed by atoms with Crippen molar-refractivity contribution in [3.63, 3.8) is 0 Å². The number of anilines is 1. The number of hydrogen-bond acceptors (Lipinski definition) is 4. The van der Waals surface area contributed by atoms with Gasteiger partial charge < -0.3 is 10.4 Å². The number of rotatable bonds is 6. The summed E-state index contributed by atoms with van der Waals surface area (Å²) in [5.74, 6) is -1.23. The maximum atomic E-state index is 10.8. The molecule has 20 heavy (non-hydrogen) atoms. The first-order valence-corrected chi connectivity index (χ1v) is 7.49. The monoisotopic (exact) mass is 290 g/mol. The number of carbonyl (C=O) groups is 1. The number of aliphatic carboxylic acids is 1. The normalized spacial score (nSPS) is 12.1. The van der Waals surface area contributed by atoms with Gasteiger partial charge in [0.2, 0.25) is 0 Å². The van der Waals surface area contributed by atoms with Crippen molar-refractivity contribution in [2.75, 3.05) is 11.9 Å². The lowest BCUT2D eigenvalue weighted by molar-refractivity contribution is -0.140. The van der Waals surface area contributed by atoms with Crippen LogP contribution in [0.25, 0.3) is 11.3 Å². The fourth-order valence-corrected chi connectivity index (χ4v) is 2.46. The van der Waals surface area contributed by atoms with Gasteiger partial charge in [-0.3, -0.25) is 4.79 Å². The Morgan fingerprint density at radius 3 is 2.70 bits per heavy atom. The molecule has 2 rings (SSSR count). The van der Waals surface area contributed by atoms with Crippen molar-refractivity contribution >= 4 is 22.4 Å². The van der Waals surface area contributed by atoms with Gasteiger partial charge in [0.25, 0.3) is 0 Å². The van der Waals surface area contributed by atoms with E-state index in [2.05, 4.69) is 41.5 Å². The predicted molar refractivity (Wildman–Crippen MR) is 82.2 cm³/mol. The van der Waals surface area contributed by atoms with Crippen molar-refractivity contribution in [2.24, 2.45) is 5.92 Å². The average molecular weight is 290 g/mol. The quantitative estimate of drug-likeness (QED) is 0.854. The number of aromatic nitrogens is 1. The summed E-state index contributed by atoms with van der Waals surface area (Å²) < 4.78 is 0. The minimum absolute atomic E-state index is 0.386. The van der Waals surface area contributed by atoms with E-state index in [1.807, 2.05) is 5.38 Å². The molecule has 0 fully saturated rings. The largest absolute Gasteiger partial charge is 0.481 e. The van der Waals surface area contributed by atoms with Crippen LogP contribution in [0.5, 0.6) is 0 Å². The third kappa shape index (κ3) is 3.57. The first-order valence-electron chi connectivity index (χ1n) is 6.61. The third-order valence-corrected chi connectivity index (χ3v) is 3.94. The lowest BCUT2D eigenvalue weighted by Crippen LogP contribution is -2.19. The van der Waals surface area contributed by atoms with E-state index < -0.39 is 11.9 Å². The van der Waals surface area contributed by atoms with Crippen LogP contribution in [0.4, 0.5) is 5.13 Å². The summed E-state index contributed by atoms with van der Waals surface area (Å²) >= 11 is 1.49. The molecule has 2 aromatic rings. The van der Waals surface area contributed by atoms with E-state index in [1.54, 1.807) is 6.92 Å². The maximum absolute atomic E-state index is 10.8. The van der Waals surface area contributed by atoms with Gasteiger partial charge in [0.1, 0.15) is 0 Å². The van der Waals surface area contributed by atoms with Crippen LogP contribution < -0.4 is 5.32 Å². The van der Waals surface area contributed by atoms with Crippen LogP contribution in [0.2, 0.25) is 0 Å². The number of benzene rings is 1. The highest BCUT2D eigenvalue weighted by atomic mass is 32.1. The van der Waals surface area contributed by atoms with Crippen molar-refractivity contribution in [2.45, 2.75) is 20.3 Å². The zero-order valence-corrected chi connectivity index (χ0v) is 12.4. The van der Waals surface area contributed by atoms with Gasteiger partial charge in [-0.25, -0.2) is 4.98 Å². The summed E-state index contributed by atoms with van der Waals surface area (Å²) in [7, 11) is 0. The minimum atomic E-state index is -0.801. The number of carboxylic acid groups (broad SMARTS) is 1. The van der Waals surface area contributed by atoms with Gasteiger partial charge in [-0.15, -0.1) is 11.3 Å². The summed E-state index contributed by atoms with van der Waals surface area (Å²) in [6, 6.07) is 8.34. The molecule has 0 aliphatic heterocycles. The number of hydrogen-bond donors (Lipinski definition) is 2. The van der Waals surface area contributed by atoms with Crippen molar-refractivity contribution < 1.29 is 9.90 Å². The van der Waals surface area contributed by atoms with Crippen molar-refractivity contribution in [3.8, 4) is 11.3 Å². The van der Waals surface area contributed by atoms with E-state index in [4.69, 9.17) is 5.11 Å². The van der Waals surface area contributed by atoms with Gasteiger partial charge in [-0.2, -0.15) is 0 Å². The van der Waals surface area contributed by atoms with Gasteiger partial charge in [-0.1, -0.05) is 38.1 Å².